The van der Waals surface area contributed by atoms with E-state index in [1.807, 2.05) is 24.0 Å². The van der Waals surface area contributed by atoms with Crippen LogP contribution in [0.4, 0.5) is 11.5 Å². The van der Waals surface area contributed by atoms with Gasteiger partial charge in [0.15, 0.2) is 6.71 Å². The molecule has 8 heteroatoms. The molecule has 8 heterocycles. The number of anilines is 2. The van der Waals surface area contributed by atoms with E-state index in [2.05, 4.69) is 98.7 Å². The Kier molecular flexibility index (Phi) is 7.58. The first-order valence-corrected chi connectivity index (χ1v) is 23.9. The van der Waals surface area contributed by atoms with Crippen molar-refractivity contribution in [3.05, 3.63) is 125 Å². The van der Waals surface area contributed by atoms with E-state index in [1.54, 1.807) is 33.6 Å². The second kappa shape index (κ2) is 12.9. The molecule has 2 saturated carbocycles. The van der Waals surface area contributed by atoms with E-state index >= 15 is 0 Å². The minimum absolute atomic E-state index is 0.319. The van der Waals surface area contributed by atoms with Crippen molar-refractivity contribution in [1.82, 2.24) is 30.1 Å². The van der Waals surface area contributed by atoms with Gasteiger partial charge in [-0.15, -0.1) is 0 Å². The maximum Gasteiger partial charge on any atom is 0.190 e. The lowest BCUT2D eigenvalue weighted by Crippen LogP contribution is -2.64. The number of hydrogen-bond donors (Lipinski definition) is 2. The molecule has 2 aromatic heterocycles. The van der Waals surface area contributed by atoms with Crippen molar-refractivity contribution in [2.45, 2.75) is 137 Å². The quantitative estimate of drug-likeness (QED) is 0.202. The summed E-state index contributed by atoms with van der Waals surface area (Å²) in [6.45, 7) is 5.42. The number of para-hydroxylation sites is 1. The van der Waals surface area contributed by atoms with Gasteiger partial charge in [-0.25, -0.2) is 9.97 Å². The summed E-state index contributed by atoms with van der Waals surface area (Å²) in [5, 5.41) is 8.38. The van der Waals surface area contributed by atoms with Crippen LogP contribution >= 0.6 is 0 Å². The molecule has 13 unspecified atom stereocenters. The second-order valence-electron chi connectivity index (χ2n) is 20.6. The number of nitrogens with one attached hydrogen (secondary N) is 2. The lowest BCUT2D eigenvalue weighted by atomic mass is 9.21. The summed E-state index contributed by atoms with van der Waals surface area (Å²) in [6, 6.07) is 28.1. The second-order valence-corrected chi connectivity index (χ2v) is 20.6. The number of aromatic nitrogens is 3. The SMILES string of the molecule is CC1C=C2B3C4CCCC5C6=C(C(c7ccccc7)CC7CCCNC67)N(C6CC(c7ncccn7)CC(C36)n3c2c(c2c3N(c3ccccc3)C3CCCNC23)C1)C45. The van der Waals surface area contributed by atoms with Gasteiger partial charge in [0.1, 0.15) is 11.6 Å². The molecule has 0 spiro atoms. The van der Waals surface area contributed by atoms with Crippen LogP contribution < -0.4 is 15.5 Å². The molecule has 2 N–H and O–H groups in total. The predicted molar refractivity (Wildman–Crippen MR) is 236 cm³/mol. The van der Waals surface area contributed by atoms with Crippen molar-refractivity contribution in [1.29, 1.82) is 0 Å². The molecule has 3 saturated heterocycles. The van der Waals surface area contributed by atoms with Crippen LogP contribution in [0.15, 0.2) is 96.5 Å². The topological polar surface area (TPSA) is 61.2 Å². The monoisotopic (exact) mass is 779 g/mol. The Bertz CT molecular complexity index is 2370. The largest absolute Gasteiger partial charge is 0.368 e. The first-order chi connectivity index (χ1) is 29.2. The smallest absolute Gasteiger partial charge is 0.190 e. The van der Waals surface area contributed by atoms with Gasteiger partial charge in [-0.3, -0.25) is 0 Å². The van der Waals surface area contributed by atoms with Gasteiger partial charge in [-0.2, -0.15) is 0 Å². The van der Waals surface area contributed by atoms with E-state index in [0.717, 1.165) is 37.5 Å². The van der Waals surface area contributed by atoms with Gasteiger partial charge in [0.2, 0.25) is 0 Å². The van der Waals surface area contributed by atoms with E-state index in [-0.39, 0.29) is 0 Å². The molecule has 7 nitrogen and oxygen atoms in total. The van der Waals surface area contributed by atoms with Crippen molar-refractivity contribution in [3.8, 4) is 0 Å². The Labute approximate surface area is 350 Å². The van der Waals surface area contributed by atoms with Crippen molar-refractivity contribution < 1.29 is 0 Å². The van der Waals surface area contributed by atoms with Crippen LogP contribution in [0.5, 0.6) is 0 Å². The molecule has 5 fully saturated rings. The van der Waals surface area contributed by atoms with Gasteiger partial charge >= 0.3 is 0 Å². The van der Waals surface area contributed by atoms with Crippen LogP contribution in [0.3, 0.4) is 0 Å². The van der Waals surface area contributed by atoms with E-state index < -0.39 is 0 Å². The summed E-state index contributed by atoms with van der Waals surface area (Å²) in [5.41, 5.74) is 13.3. The fraction of sp³-hybridized carbons (Fsp3) is 0.529. The molecule has 14 rings (SSSR count). The van der Waals surface area contributed by atoms with Crippen molar-refractivity contribution in [2.75, 3.05) is 18.0 Å². The predicted octanol–water partition coefficient (Wildman–Crippen LogP) is 9.38. The van der Waals surface area contributed by atoms with E-state index in [4.69, 9.17) is 9.97 Å². The minimum Gasteiger partial charge on any atom is -0.368 e. The molecule has 0 amide bonds. The Morgan fingerprint density at radius 2 is 1.54 bits per heavy atom. The fourth-order valence-corrected chi connectivity index (χ4v) is 16.3. The third kappa shape index (κ3) is 4.68. The van der Waals surface area contributed by atoms with Crippen molar-refractivity contribution >= 4 is 23.7 Å². The molecule has 4 aromatic rings. The van der Waals surface area contributed by atoms with Crippen LogP contribution in [0.25, 0.3) is 5.47 Å². The standard InChI is InChI=1S/C51H58BN7/c1-29-24-36-43-46-39(19-10-21-54-46)57(33-15-6-3-7-16-33)51(43)59-41-28-32(50-55-22-11-23-56-50)27-40-44(41)52(38(25-29)48(36)59)37-18-8-17-34-42-45-31(14-9-20-53-45)26-35(30-12-4-2-5-13-30)49(42)58(40)47(34)37/h2-7,11-13,15-16,22-23,25,29,31-32,34-35,37,39-41,44-47,53-54H,8-10,14,17-21,24,26-28H2,1H3. The zero-order chi connectivity index (χ0) is 38.5. The van der Waals surface area contributed by atoms with Gasteiger partial charge in [0.25, 0.3) is 0 Å². The Hall–Kier alpha value is -4.14. The first-order valence-electron chi connectivity index (χ1n) is 23.9. The summed E-state index contributed by atoms with van der Waals surface area (Å²) >= 11 is 0. The highest BCUT2D eigenvalue weighted by Gasteiger charge is 2.67. The maximum atomic E-state index is 5.10. The molecule has 59 heavy (non-hydrogen) atoms. The number of rotatable bonds is 3. The molecule has 6 aliphatic heterocycles. The molecule has 13 atom stereocenters. The molecular formula is C51H58BN7. The van der Waals surface area contributed by atoms with Crippen molar-refractivity contribution in [2.24, 2.45) is 17.8 Å². The number of piperidine rings is 2. The molecule has 4 aliphatic carbocycles. The Balaban J connectivity index is 1.02. The lowest BCUT2D eigenvalue weighted by molar-refractivity contribution is 0.0651. The van der Waals surface area contributed by atoms with Crippen LogP contribution in [-0.4, -0.2) is 63.4 Å². The minimum atomic E-state index is 0.319. The van der Waals surface area contributed by atoms with Crippen LogP contribution in [0, 0.1) is 17.8 Å². The highest BCUT2D eigenvalue weighted by atomic mass is 15.3. The fourth-order valence-electron chi connectivity index (χ4n) is 16.3. The third-order valence-corrected chi connectivity index (χ3v) is 17.9. The zero-order valence-electron chi connectivity index (χ0n) is 34.6. The number of fused-ring (bicyclic) bond motifs is 13. The normalized spacial score (nSPS) is 38.4. The molecule has 0 bridgehead atoms. The lowest BCUT2D eigenvalue weighted by Gasteiger charge is -2.63. The van der Waals surface area contributed by atoms with Crippen molar-refractivity contribution in [3.63, 3.8) is 0 Å². The van der Waals surface area contributed by atoms with Gasteiger partial charge in [-0.1, -0.05) is 79.8 Å². The highest BCUT2D eigenvalue weighted by molar-refractivity contribution is 6.82. The molecule has 0 radical (unpaired) electrons. The Morgan fingerprint density at radius 1 is 0.763 bits per heavy atom. The Morgan fingerprint density at radius 3 is 2.39 bits per heavy atom. The van der Waals surface area contributed by atoms with E-state index in [0.29, 0.717) is 78.3 Å². The molecule has 2 aromatic carbocycles. The molecular weight excluding hydrogens is 721 g/mol. The first kappa shape index (κ1) is 34.6. The van der Waals surface area contributed by atoms with Gasteiger partial charge in [0.05, 0.1) is 12.1 Å². The zero-order valence-corrected chi connectivity index (χ0v) is 34.6. The number of hydrogen-bond acceptors (Lipinski definition) is 6. The van der Waals surface area contributed by atoms with Gasteiger partial charge < -0.3 is 25.0 Å². The highest BCUT2D eigenvalue weighted by Crippen LogP contribution is 2.70. The summed E-state index contributed by atoms with van der Waals surface area (Å²) in [6.07, 6.45) is 20.8. The molecule has 300 valence electrons. The van der Waals surface area contributed by atoms with Gasteiger partial charge in [0, 0.05) is 77.0 Å². The summed E-state index contributed by atoms with van der Waals surface area (Å²) in [5.74, 6) is 6.56. The van der Waals surface area contributed by atoms with Gasteiger partial charge in [-0.05, 0) is 129 Å². The summed E-state index contributed by atoms with van der Waals surface area (Å²) in [7, 11) is 0. The third-order valence-electron chi connectivity index (χ3n) is 17.9. The maximum absolute atomic E-state index is 5.10. The molecule has 10 aliphatic rings. The average Bonchev–Trinajstić information content (AvgIpc) is 3.94. The number of allylic oxidation sites excluding steroid dienone is 2. The number of nitrogens with zero attached hydrogens (tertiary/aromatic N) is 5. The van der Waals surface area contributed by atoms with E-state index in [9.17, 15) is 0 Å². The number of benzene rings is 2. The van der Waals surface area contributed by atoms with Crippen LogP contribution in [0.1, 0.15) is 123 Å². The van der Waals surface area contributed by atoms with Crippen LogP contribution in [0.2, 0.25) is 11.6 Å². The van der Waals surface area contributed by atoms with Crippen LogP contribution in [-0.2, 0) is 6.42 Å². The summed E-state index contributed by atoms with van der Waals surface area (Å²) < 4.78 is 3.03. The average molecular weight is 780 g/mol. The summed E-state index contributed by atoms with van der Waals surface area (Å²) in [4.78, 5) is 16.3. The van der Waals surface area contributed by atoms with E-state index in [1.165, 1.54) is 69.4 Å².